The molecule has 0 unspecified atom stereocenters. The van der Waals surface area contributed by atoms with Crippen LogP contribution in [0.15, 0.2) is 22.8 Å². The monoisotopic (exact) mass is 281 g/mol. The number of carbonyl (C=O) groups excluding carboxylic acids is 2. The van der Waals surface area contributed by atoms with Crippen molar-refractivity contribution in [3.8, 4) is 0 Å². The maximum Gasteiger partial charge on any atom is 0.287 e. The fraction of sp³-hybridized carbons (Fsp3) is 0.538. The second kappa shape index (κ2) is 7.06. The molecule has 2 amide bonds. The summed E-state index contributed by atoms with van der Waals surface area (Å²) in [6.07, 6.45) is 1.41. The van der Waals surface area contributed by atoms with Crippen molar-refractivity contribution in [3.05, 3.63) is 24.2 Å². The van der Waals surface area contributed by atoms with E-state index in [1.54, 1.807) is 17.0 Å². The predicted octanol–water partition coefficient (Wildman–Crippen LogP) is -0.854. The molecule has 2 rings (SSSR count). The minimum absolute atomic E-state index is 0.0282. The van der Waals surface area contributed by atoms with Gasteiger partial charge in [0, 0.05) is 32.7 Å². The van der Waals surface area contributed by atoms with E-state index < -0.39 is 0 Å². The molecule has 110 valence electrons. The quantitative estimate of drug-likeness (QED) is 0.734. The van der Waals surface area contributed by atoms with Crippen LogP contribution in [0.3, 0.4) is 0 Å². The summed E-state index contributed by atoms with van der Waals surface area (Å²) in [5.41, 5.74) is 0. The number of amides is 2. The SMILES string of the molecule is O=C(NCC(=O)N1CCN(CCO)CC1)c1ccco1. The minimum Gasteiger partial charge on any atom is -0.459 e. The van der Waals surface area contributed by atoms with Crippen LogP contribution in [-0.2, 0) is 4.79 Å². The van der Waals surface area contributed by atoms with Gasteiger partial charge >= 0.3 is 0 Å². The fourth-order valence-electron chi connectivity index (χ4n) is 2.12. The summed E-state index contributed by atoms with van der Waals surface area (Å²) in [6.45, 7) is 3.48. The Bertz CT molecular complexity index is 438. The van der Waals surface area contributed by atoms with E-state index in [1.165, 1.54) is 6.26 Å². The average molecular weight is 281 g/mol. The highest BCUT2D eigenvalue weighted by Gasteiger charge is 2.21. The summed E-state index contributed by atoms with van der Waals surface area (Å²) in [7, 11) is 0. The molecule has 1 aliphatic rings. The number of hydrogen-bond donors (Lipinski definition) is 2. The average Bonchev–Trinajstić information content (AvgIpc) is 3.00. The molecule has 1 aromatic heterocycles. The van der Waals surface area contributed by atoms with Crippen molar-refractivity contribution in [3.63, 3.8) is 0 Å². The smallest absolute Gasteiger partial charge is 0.287 e. The molecule has 1 aliphatic heterocycles. The Kier molecular flexibility index (Phi) is 5.14. The van der Waals surface area contributed by atoms with Gasteiger partial charge in [-0.1, -0.05) is 0 Å². The number of furan rings is 1. The molecular formula is C13H19N3O4. The zero-order valence-electron chi connectivity index (χ0n) is 11.2. The first-order valence-corrected chi connectivity index (χ1v) is 6.63. The van der Waals surface area contributed by atoms with E-state index in [4.69, 9.17) is 9.52 Å². The fourth-order valence-corrected chi connectivity index (χ4v) is 2.12. The molecule has 0 spiro atoms. The van der Waals surface area contributed by atoms with E-state index in [2.05, 4.69) is 10.2 Å². The van der Waals surface area contributed by atoms with Gasteiger partial charge in [-0.15, -0.1) is 0 Å². The zero-order chi connectivity index (χ0) is 14.4. The molecule has 7 heteroatoms. The van der Waals surface area contributed by atoms with Gasteiger partial charge in [-0.3, -0.25) is 14.5 Å². The molecule has 1 fully saturated rings. The van der Waals surface area contributed by atoms with Crippen molar-refractivity contribution in [2.75, 3.05) is 45.9 Å². The van der Waals surface area contributed by atoms with Gasteiger partial charge < -0.3 is 19.7 Å². The summed E-state index contributed by atoms with van der Waals surface area (Å²) < 4.78 is 4.95. The summed E-state index contributed by atoms with van der Waals surface area (Å²) >= 11 is 0. The van der Waals surface area contributed by atoms with Gasteiger partial charge in [0.2, 0.25) is 5.91 Å². The third-order valence-corrected chi connectivity index (χ3v) is 3.29. The lowest BCUT2D eigenvalue weighted by molar-refractivity contribution is -0.131. The van der Waals surface area contributed by atoms with E-state index in [0.29, 0.717) is 19.6 Å². The van der Waals surface area contributed by atoms with Crippen molar-refractivity contribution in [1.29, 1.82) is 0 Å². The third-order valence-electron chi connectivity index (χ3n) is 3.29. The number of carbonyl (C=O) groups is 2. The van der Waals surface area contributed by atoms with Crippen molar-refractivity contribution < 1.29 is 19.1 Å². The van der Waals surface area contributed by atoms with Crippen LogP contribution in [0.2, 0.25) is 0 Å². The van der Waals surface area contributed by atoms with Gasteiger partial charge in [0.25, 0.3) is 5.91 Å². The molecule has 1 aromatic rings. The Labute approximate surface area is 117 Å². The Morgan fingerprint density at radius 3 is 2.65 bits per heavy atom. The Morgan fingerprint density at radius 1 is 1.30 bits per heavy atom. The van der Waals surface area contributed by atoms with Crippen molar-refractivity contribution in [2.24, 2.45) is 0 Å². The number of nitrogens with one attached hydrogen (secondary N) is 1. The van der Waals surface area contributed by atoms with Crippen LogP contribution in [0.1, 0.15) is 10.6 Å². The van der Waals surface area contributed by atoms with E-state index in [1.807, 2.05) is 0 Å². The van der Waals surface area contributed by atoms with Crippen LogP contribution >= 0.6 is 0 Å². The predicted molar refractivity (Wildman–Crippen MR) is 71.1 cm³/mol. The number of aliphatic hydroxyl groups excluding tert-OH is 1. The second-order valence-electron chi connectivity index (χ2n) is 4.61. The van der Waals surface area contributed by atoms with Gasteiger partial charge in [0.1, 0.15) is 0 Å². The molecule has 1 saturated heterocycles. The van der Waals surface area contributed by atoms with Gasteiger partial charge in [-0.2, -0.15) is 0 Å². The lowest BCUT2D eigenvalue weighted by Gasteiger charge is -2.34. The first kappa shape index (κ1) is 14.5. The summed E-state index contributed by atoms with van der Waals surface area (Å²) in [4.78, 5) is 27.4. The molecule has 2 heterocycles. The number of β-amino-alcohol motifs (C(OH)–C–C–N with tert-alkyl or cyclic N) is 1. The Morgan fingerprint density at radius 2 is 2.05 bits per heavy atom. The zero-order valence-corrected chi connectivity index (χ0v) is 11.2. The molecule has 0 bridgehead atoms. The summed E-state index contributed by atoms with van der Waals surface area (Å²) in [6, 6.07) is 3.17. The normalized spacial score (nSPS) is 16.1. The Hall–Kier alpha value is -1.86. The van der Waals surface area contributed by atoms with Crippen LogP contribution in [0.4, 0.5) is 0 Å². The second-order valence-corrected chi connectivity index (χ2v) is 4.61. The van der Waals surface area contributed by atoms with E-state index in [9.17, 15) is 9.59 Å². The molecule has 0 saturated carbocycles. The van der Waals surface area contributed by atoms with Crippen molar-refractivity contribution in [2.45, 2.75) is 0 Å². The van der Waals surface area contributed by atoms with Crippen LogP contribution < -0.4 is 5.32 Å². The molecule has 7 nitrogen and oxygen atoms in total. The molecule has 0 aliphatic carbocycles. The van der Waals surface area contributed by atoms with Crippen molar-refractivity contribution >= 4 is 11.8 Å². The topological polar surface area (TPSA) is 86.0 Å². The maximum absolute atomic E-state index is 11.9. The van der Waals surface area contributed by atoms with Gasteiger partial charge in [0.05, 0.1) is 19.4 Å². The standard InChI is InChI=1S/C13H19N3O4/c17-8-7-15-3-5-16(6-4-15)12(18)10-14-13(19)11-2-1-9-20-11/h1-2,9,17H,3-8,10H2,(H,14,19). The number of hydrogen-bond acceptors (Lipinski definition) is 5. The minimum atomic E-state index is -0.387. The van der Waals surface area contributed by atoms with E-state index in [0.717, 1.165) is 13.1 Å². The van der Waals surface area contributed by atoms with Gasteiger partial charge in [-0.05, 0) is 12.1 Å². The molecule has 0 aromatic carbocycles. The highest BCUT2D eigenvalue weighted by molar-refractivity contribution is 5.94. The molecule has 2 N–H and O–H groups in total. The van der Waals surface area contributed by atoms with Gasteiger partial charge in [0.15, 0.2) is 5.76 Å². The largest absolute Gasteiger partial charge is 0.459 e. The van der Waals surface area contributed by atoms with Crippen LogP contribution in [0.5, 0.6) is 0 Å². The summed E-state index contributed by atoms with van der Waals surface area (Å²) in [5, 5.41) is 11.4. The molecule has 0 radical (unpaired) electrons. The number of aliphatic hydroxyl groups is 1. The lowest BCUT2D eigenvalue weighted by atomic mass is 10.3. The summed E-state index contributed by atoms with van der Waals surface area (Å²) in [5.74, 6) is -0.290. The number of rotatable bonds is 5. The first-order valence-electron chi connectivity index (χ1n) is 6.63. The number of piperazine rings is 1. The van der Waals surface area contributed by atoms with Crippen LogP contribution in [0, 0.1) is 0 Å². The lowest BCUT2D eigenvalue weighted by Crippen LogP contribution is -2.51. The van der Waals surface area contributed by atoms with Gasteiger partial charge in [-0.25, -0.2) is 0 Å². The van der Waals surface area contributed by atoms with E-state index in [-0.39, 0.29) is 30.7 Å². The molecule has 20 heavy (non-hydrogen) atoms. The Balaban J connectivity index is 1.72. The van der Waals surface area contributed by atoms with E-state index >= 15 is 0 Å². The third kappa shape index (κ3) is 3.82. The van der Waals surface area contributed by atoms with Crippen molar-refractivity contribution in [1.82, 2.24) is 15.1 Å². The highest BCUT2D eigenvalue weighted by Crippen LogP contribution is 2.02. The first-order chi connectivity index (χ1) is 9.70. The van der Waals surface area contributed by atoms with Crippen LogP contribution in [-0.4, -0.2) is 72.6 Å². The highest BCUT2D eigenvalue weighted by atomic mass is 16.3. The maximum atomic E-state index is 11.9. The molecular weight excluding hydrogens is 262 g/mol. The molecule has 0 atom stereocenters. The van der Waals surface area contributed by atoms with Crippen LogP contribution in [0.25, 0.3) is 0 Å². The number of nitrogens with zero attached hydrogens (tertiary/aromatic N) is 2.